The second-order valence-electron chi connectivity index (χ2n) is 4.71. The van der Waals surface area contributed by atoms with E-state index in [1.165, 1.54) is 0 Å². The Bertz CT molecular complexity index is 595. The lowest BCUT2D eigenvalue weighted by Gasteiger charge is -2.26. The number of carbonyl (C=O) groups excluding carboxylic acids is 1. The van der Waals surface area contributed by atoms with Gasteiger partial charge < -0.3 is 14.6 Å². The van der Waals surface area contributed by atoms with E-state index < -0.39 is 0 Å². The molecule has 2 aromatic heterocycles. The first-order chi connectivity index (χ1) is 9.27. The molecule has 2 aromatic rings. The van der Waals surface area contributed by atoms with Crippen molar-refractivity contribution < 1.29 is 9.53 Å². The van der Waals surface area contributed by atoms with Crippen LogP contribution in [0.5, 0.6) is 0 Å². The molecule has 0 aromatic carbocycles. The van der Waals surface area contributed by atoms with Gasteiger partial charge in [0.05, 0.1) is 24.0 Å². The Hall–Kier alpha value is -1.95. The molecule has 0 saturated carbocycles. The molecule has 1 aliphatic heterocycles. The number of rotatable bonds is 1. The number of carbonyl (C=O) groups is 1. The summed E-state index contributed by atoms with van der Waals surface area (Å²) in [5.41, 5.74) is 1.89. The van der Waals surface area contributed by atoms with Crippen molar-refractivity contribution in [3.63, 3.8) is 0 Å². The summed E-state index contributed by atoms with van der Waals surface area (Å²) in [5, 5.41) is 0. The van der Waals surface area contributed by atoms with Crippen molar-refractivity contribution in [1.82, 2.24) is 19.9 Å². The van der Waals surface area contributed by atoms with Crippen LogP contribution in [0.25, 0.3) is 11.2 Å². The van der Waals surface area contributed by atoms with Gasteiger partial charge in [0.2, 0.25) is 0 Å². The van der Waals surface area contributed by atoms with Crippen LogP contribution in [0.1, 0.15) is 23.7 Å². The second-order valence-corrected chi connectivity index (χ2v) is 4.71. The van der Waals surface area contributed by atoms with E-state index in [4.69, 9.17) is 4.74 Å². The topological polar surface area (TPSA) is 71.1 Å². The summed E-state index contributed by atoms with van der Waals surface area (Å²) in [7, 11) is 0. The minimum atomic E-state index is 0.00894. The first-order valence-corrected chi connectivity index (χ1v) is 6.44. The summed E-state index contributed by atoms with van der Waals surface area (Å²) in [6.07, 6.45) is 4.04. The van der Waals surface area contributed by atoms with Crippen LogP contribution in [0.3, 0.4) is 0 Å². The van der Waals surface area contributed by atoms with Crippen molar-refractivity contribution in [2.75, 3.05) is 19.8 Å². The molecule has 19 heavy (non-hydrogen) atoms. The van der Waals surface area contributed by atoms with Crippen molar-refractivity contribution in [3.8, 4) is 0 Å². The Balaban J connectivity index is 1.96. The molecule has 0 bridgehead atoms. The van der Waals surface area contributed by atoms with Crippen LogP contribution in [0.4, 0.5) is 0 Å². The predicted octanol–water partition coefficient (Wildman–Crippen LogP) is 1.21. The van der Waals surface area contributed by atoms with Gasteiger partial charge in [0.15, 0.2) is 5.65 Å². The average Bonchev–Trinajstić information content (AvgIpc) is 2.80. The number of hydrogen-bond acceptors (Lipinski definition) is 4. The Labute approximate surface area is 110 Å². The molecule has 3 rings (SSSR count). The molecule has 1 amide bonds. The third kappa shape index (κ3) is 2.19. The zero-order valence-electron chi connectivity index (χ0n) is 10.8. The van der Waals surface area contributed by atoms with E-state index in [1.807, 2.05) is 4.90 Å². The van der Waals surface area contributed by atoms with E-state index >= 15 is 0 Å². The van der Waals surface area contributed by atoms with E-state index in [-0.39, 0.29) is 11.9 Å². The maximum absolute atomic E-state index is 12.7. The van der Waals surface area contributed by atoms with Gasteiger partial charge in [-0.2, -0.15) is 0 Å². The first-order valence-electron chi connectivity index (χ1n) is 6.44. The maximum Gasteiger partial charge on any atom is 0.256 e. The number of nitrogens with zero attached hydrogens (tertiary/aromatic N) is 3. The highest BCUT2D eigenvalue weighted by Crippen LogP contribution is 2.18. The Morgan fingerprint density at radius 1 is 1.47 bits per heavy atom. The highest BCUT2D eigenvalue weighted by atomic mass is 16.5. The lowest BCUT2D eigenvalue weighted by molar-refractivity contribution is 0.0689. The fourth-order valence-electron chi connectivity index (χ4n) is 2.38. The number of imidazole rings is 1. The van der Waals surface area contributed by atoms with E-state index in [0.29, 0.717) is 36.5 Å². The molecule has 3 heterocycles. The normalized spacial score (nSPS) is 20.5. The third-order valence-electron chi connectivity index (χ3n) is 3.51. The summed E-state index contributed by atoms with van der Waals surface area (Å²) in [5.74, 6) is 0.00894. The zero-order valence-corrected chi connectivity index (χ0v) is 10.8. The number of aromatic nitrogens is 3. The molecule has 1 unspecified atom stereocenters. The Morgan fingerprint density at radius 3 is 3.26 bits per heavy atom. The molecule has 1 fully saturated rings. The standard InChI is InChI=1S/C13H16N4O2/c1-9-3-6-19-7-5-17(9)13(18)10-2-4-14-12-11(10)15-8-16-12/h2,4,8-9H,3,5-7H2,1H3,(H,14,15,16). The third-order valence-corrected chi connectivity index (χ3v) is 3.51. The van der Waals surface area contributed by atoms with Gasteiger partial charge in [-0.3, -0.25) is 4.79 Å². The molecular formula is C13H16N4O2. The van der Waals surface area contributed by atoms with Crippen LogP contribution < -0.4 is 0 Å². The van der Waals surface area contributed by atoms with Gasteiger partial charge in [0, 0.05) is 25.4 Å². The van der Waals surface area contributed by atoms with Gasteiger partial charge >= 0.3 is 0 Å². The van der Waals surface area contributed by atoms with E-state index in [9.17, 15) is 4.79 Å². The van der Waals surface area contributed by atoms with E-state index in [2.05, 4.69) is 21.9 Å². The molecule has 1 atom stereocenters. The number of amides is 1. The van der Waals surface area contributed by atoms with Crippen LogP contribution in [0, 0.1) is 0 Å². The van der Waals surface area contributed by atoms with Crippen LogP contribution in [0.2, 0.25) is 0 Å². The second kappa shape index (κ2) is 4.97. The number of hydrogen-bond donors (Lipinski definition) is 1. The fourth-order valence-corrected chi connectivity index (χ4v) is 2.38. The van der Waals surface area contributed by atoms with Gasteiger partial charge in [-0.15, -0.1) is 0 Å². The van der Waals surface area contributed by atoms with Crippen molar-refractivity contribution in [2.45, 2.75) is 19.4 Å². The van der Waals surface area contributed by atoms with Crippen LogP contribution in [-0.4, -0.2) is 51.6 Å². The smallest absolute Gasteiger partial charge is 0.256 e. The van der Waals surface area contributed by atoms with Gasteiger partial charge in [-0.05, 0) is 19.4 Å². The van der Waals surface area contributed by atoms with Gasteiger partial charge in [0.25, 0.3) is 5.91 Å². The molecular weight excluding hydrogens is 244 g/mol. The summed E-state index contributed by atoms with van der Waals surface area (Å²) in [4.78, 5) is 25.7. The number of ether oxygens (including phenoxy) is 1. The minimum absolute atomic E-state index is 0.00894. The van der Waals surface area contributed by atoms with Crippen LogP contribution in [0.15, 0.2) is 18.6 Å². The zero-order chi connectivity index (χ0) is 13.2. The number of aromatic amines is 1. The molecule has 1 saturated heterocycles. The highest BCUT2D eigenvalue weighted by molar-refractivity contribution is 6.04. The molecule has 0 spiro atoms. The molecule has 1 aliphatic rings. The number of nitrogens with one attached hydrogen (secondary N) is 1. The van der Waals surface area contributed by atoms with Crippen LogP contribution >= 0.6 is 0 Å². The van der Waals surface area contributed by atoms with E-state index in [1.54, 1.807) is 18.6 Å². The van der Waals surface area contributed by atoms with E-state index in [0.717, 1.165) is 6.42 Å². The number of fused-ring (bicyclic) bond motifs is 1. The monoisotopic (exact) mass is 260 g/mol. The SMILES string of the molecule is CC1CCOCCN1C(=O)c1ccnc2nc[nH]c12. The quantitative estimate of drug-likeness (QED) is 0.836. The van der Waals surface area contributed by atoms with Gasteiger partial charge in [-0.1, -0.05) is 0 Å². The Morgan fingerprint density at radius 2 is 2.37 bits per heavy atom. The molecule has 6 nitrogen and oxygen atoms in total. The molecule has 100 valence electrons. The fraction of sp³-hybridized carbons (Fsp3) is 0.462. The molecule has 6 heteroatoms. The lowest BCUT2D eigenvalue weighted by Crippen LogP contribution is -2.39. The largest absolute Gasteiger partial charge is 0.380 e. The average molecular weight is 260 g/mol. The summed E-state index contributed by atoms with van der Waals surface area (Å²) in [6.45, 7) is 3.98. The maximum atomic E-state index is 12.7. The summed E-state index contributed by atoms with van der Waals surface area (Å²) >= 11 is 0. The van der Waals surface area contributed by atoms with Crippen molar-refractivity contribution in [1.29, 1.82) is 0 Å². The van der Waals surface area contributed by atoms with Gasteiger partial charge in [0.1, 0.15) is 0 Å². The van der Waals surface area contributed by atoms with Crippen molar-refractivity contribution >= 4 is 17.1 Å². The number of H-pyrrole nitrogens is 1. The van der Waals surface area contributed by atoms with Crippen LogP contribution in [-0.2, 0) is 4.74 Å². The first kappa shape index (κ1) is 12.1. The Kier molecular flexibility index (Phi) is 3.16. The highest BCUT2D eigenvalue weighted by Gasteiger charge is 2.25. The molecule has 1 N–H and O–H groups in total. The summed E-state index contributed by atoms with van der Waals surface area (Å²) < 4.78 is 5.43. The molecule has 0 aliphatic carbocycles. The number of pyridine rings is 1. The van der Waals surface area contributed by atoms with Crippen molar-refractivity contribution in [2.24, 2.45) is 0 Å². The van der Waals surface area contributed by atoms with Crippen molar-refractivity contribution in [3.05, 3.63) is 24.2 Å². The summed E-state index contributed by atoms with van der Waals surface area (Å²) in [6, 6.07) is 1.92. The molecule has 0 radical (unpaired) electrons. The minimum Gasteiger partial charge on any atom is -0.380 e. The lowest BCUT2D eigenvalue weighted by atomic mass is 10.1. The van der Waals surface area contributed by atoms with Gasteiger partial charge in [-0.25, -0.2) is 9.97 Å². The predicted molar refractivity (Wildman–Crippen MR) is 69.8 cm³/mol.